The Hall–Kier alpha value is -2.16. The van der Waals surface area contributed by atoms with Crippen LogP contribution in [0.15, 0.2) is 42.5 Å². The van der Waals surface area contributed by atoms with Crippen molar-refractivity contribution in [2.45, 2.75) is 0 Å². The third kappa shape index (κ3) is 1.80. The number of rotatable bonds is 2. The highest BCUT2D eigenvalue weighted by Crippen LogP contribution is 2.36. The number of hydrogen-bond acceptors (Lipinski definition) is 3. The normalized spacial score (nSPS) is 12.5. The molecule has 0 aliphatic carbocycles. The fourth-order valence-corrected chi connectivity index (χ4v) is 1.86. The molecule has 0 bridgehead atoms. The molecule has 2 aromatic carbocycles. The molecule has 0 fully saturated rings. The molecule has 3 rings (SSSR count). The van der Waals surface area contributed by atoms with Gasteiger partial charge >= 0.3 is 0 Å². The topological polar surface area (TPSA) is 27.7 Å². The van der Waals surface area contributed by atoms with Crippen molar-refractivity contribution in [3.63, 3.8) is 0 Å². The van der Waals surface area contributed by atoms with Crippen LogP contribution in [0.25, 0.3) is 11.1 Å². The van der Waals surface area contributed by atoms with Gasteiger partial charge in [0.05, 0.1) is 7.11 Å². The zero-order valence-electron chi connectivity index (χ0n) is 9.47. The predicted molar refractivity (Wildman–Crippen MR) is 64.6 cm³/mol. The number of benzene rings is 2. The van der Waals surface area contributed by atoms with Crippen molar-refractivity contribution in [3.05, 3.63) is 42.5 Å². The Labute approximate surface area is 99.6 Å². The molecular weight excluding hydrogens is 216 g/mol. The average Bonchev–Trinajstić information content (AvgIpc) is 2.86. The van der Waals surface area contributed by atoms with Gasteiger partial charge in [-0.05, 0) is 35.4 Å². The van der Waals surface area contributed by atoms with Crippen LogP contribution in [-0.4, -0.2) is 13.9 Å². The molecular formula is C14H12O3. The molecule has 3 nitrogen and oxygen atoms in total. The van der Waals surface area contributed by atoms with Crippen molar-refractivity contribution >= 4 is 0 Å². The molecule has 0 saturated carbocycles. The minimum atomic E-state index is 0.307. The number of methoxy groups -OCH3 is 1. The van der Waals surface area contributed by atoms with Gasteiger partial charge in [0.2, 0.25) is 6.79 Å². The predicted octanol–water partition coefficient (Wildman–Crippen LogP) is 3.09. The molecule has 0 atom stereocenters. The molecule has 1 aliphatic heterocycles. The van der Waals surface area contributed by atoms with Crippen LogP contribution in [0, 0.1) is 0 Å². The van der Waals surface area contributed by atoms with Crippen molar-refractivity contribution in [1.82, 2.24) is 0 Å². The Bertz CT molecular complexity index is 532. The molecule has 0 spiro atoms. The lowest BCUT2D eigenvalue weighted by atomic mass is 10.1. The van der Waals surface area contributed by atoms with Crippen molar-refractivity contribution in [3.8, 4) is 28.4 Å². The van der Waals surface area contributed by atoms with Gasteiger partial charge in [0.25, 0.3) is 0 Å². The molecule has 0 radical (unpaired) electrons. The van der Waals surface area contributed by atoms with E-state index in [0.717, 1.165) is 28.4 Å². The minimum Gasteiger partial charge on any atom is -0.497 e. The van der Waals surface area contributed by atoms with E-state index in [2.05, 4.69) is 0 Å². The van der Waals surface area contributed by atoms with Gasteiger partial charge < -0.3 is 14.2 Å². The van der Waals surface area contributed by atoms with E-state index in [1.54, 1.807) is 7.11 Å². The highest BCUT2D eigenvalue weighted by Gasteiger charge is 2.13. The van der Waals surface area contributed by atoms with E-state index >= 15 is 0 Å². The van der Waals surface area contributed by atoms with E-state index in [1.807, 2.05) is 42.5 Å². The molecule has 0 saturated heterocycles. The summed E-state index contributed by atoms with van der Waals surface area (Å²) in [6, 6.07) is 13.9. The fraction of sp³-hybridized carbons (Fsp3) is 0.143. The summed E-state index contributed by atoms with van der Waals surface area (Å²) in [5, 5.41) is 0. The Balaban J connectivity index is 1.97. The lowest BCUT2D eigenvalue weighted by Gasteiger charge is -2.04. The van der Waals surface area contributed by atoms with E-state index in [4.69, 9.17) is 14.2 Å². The maximum Gasteiger partial charge on any atom is 0.231 e. The van der Waals surface area contributed by atoms with Crippen LogP contribution in [-0.2, 0) is 0 Å². The van der Waals surface area contributed by atoms with Crippen molar-refractivity contribution in [2.75, 3.05) is 13.9 Å². The molecule has 0 unspecified atom stereocenters. The lowest BCUT2D eigenvalue weighted by molar-refractivity contribution is 0.174. The second-order valence-corrected chi connectivity index (χ2v) is 3.80. The zero-order valence-corrected chi connectivity index (χ0v) is 9.47. The third-order valence-electron chi connectivity index (χ3n) is 2.80. The fourth-order valence-electron chi connectivity index (χ4n) is 1.86. The van der Waals surface area contributed by atoms with Crippen LogP contribution >= 0.6 is 0 Å². The van der Waals surface area contributed by atoms with Gasteiger partial charge in [-0.2, -0.15) is 0 Å². The molecule has 0 N–H and O–H groups in total. The van der Waals surface area contributed by atoms with E-state index in [-0.39, 0.29) is 0 Å². The minimum absolute atomic E-state index is 0.307. The number of fused-ring (bicyclic) bond motifs is 1. The van der Waals surface area contributed by atoms with Crippen LogP contribution in [0.2, 0.25) is 0 Å². The molecule has 2 aromatic rings. The van der Waals surface area contributed by atoms with Gasteiger partial charge in [-0.3, -0.25) is 0 Å². The molecule has 0 aromatic heterocycles. The number of ether oxygens (including phenoxy) is 3. The molecule has 3 heteroatoms. The third-order valence-corrected chi connectivity index (χ3v) is 2.80. The van der Waals surface area contributed by atoms with E-state index in [9.17, 15) is 0 Å². The van der Waals surface area contributed by atoms with Crippen molar-refractivity contribution < 1.29 is 14.2 Å². The van der Waals surface area contributed by atoms with E-state index in [1.165, 1.54) is 0 Å². The molecule has 0 amide bonds. The zero-order chi connectivity index (χ0) is 11.7. The summed E-state index contributed by atoms with van der Waals surface area (Å²) in [5.74, 6) is 2.47. The Morgan fingerprint density at radius 2 is 1.59 bits per heavy atom. The van der Waals surface area contributed by atoms with Gasteiger partial charge in [-0.1, -0.05) is 18.2 Å². The molecule has 1 heterocycles. The first-order chi connectivity index (χ1) is 8.36. The summed E-state index contributed by atoms with van der Waals surface area (Å²) < 4.78 is 15.8. The summed E-state index contributed by atoms with van der Waals surface area (Å²) >= 11 is 0. The van der Waals surface area contributed by atoms with Crippen LogP contribution in [0.5, 0.6) is 17.2 Å². The Morgan fingerprint density at radius 1 is 0.882 bits per heavy atom. The smallest absolute Gasteiger partial charge is 0.231 e. The van der Waals surface area contributed by atoms with Crippen molar-refractivity contribution in [1.29, 1.82) is 0 Å². The summed E-state index contributed by atoms with van der Waals surface area (Å²) in [7, 11) is 1.66. The van der Waals surface area contributed by atoms with Gasteiger partial charge in [0.1, 0.15) is 5.75 Å². The monoisotopic (exact) mass is 228 g/mol. The van der Waals surface area contributed by atoms with Gasteiger partial charge in [-0.15, -0.1) is 0 Å². The average molecular weight is 228 g/mol. The lowest BCUT2D eigenvalue weighted by Crippen LogP contribution is -1.92. The first-order valence-electron chi connectivity index (χ1n) is 5.41. The van der Waals surface area contributed by atoms with Gasteiger partial charge in [0, 0.05) is 0 Å². The largest absolute Gasteiger partial charge is 0.497 e. The second kappa shape index (κ2) is 4.01. The van der Waals surface area contributed by atoms with E-state index in [0.29, 0.717) is 6.79 Å². The van der Waals surface area contributed by atoms with Crippen molar-refractivity contribution in [2.24, 2.45) is 0 Å². The summed E-state index contributed by atoms with van der Waals surface area (Å²) in [4.78, 5) is 0. The van der Waals surface area contributed by atoms with Crippen LogP contribution in [0.3, 0.4) is 0 Å². The second-order valence-electron chi connectivity index (χ2n) is 3.80. The highest BCUT2D eigenvalue weighted by molar-refractivity contribution is 5.68. The standard InChI is InChI=1S/C14H12O3/c1-15-12-5-2-10(3-6-12)11-4-7-13-14(8-11)17-9-16-13/h2-8H,9H2,1H3. The summed E-state index contributed by atoms with van der Waals surface area (Å²) in [6.07, 6.45) is 0. The first-order valence-corrected chi connectivity index (χ1v) is 5.41. The Morgan fingerprint density at radius 3 is 2.35 bits per heavy atom. The summed E-state index contributed by atoms with van der Waals surface area (Å²) in [6.45, 7) is 0.307. The number of hydrogen-bond donors (Lipinski definition) is 0. The maximum atomic E-state index is 5.36. The van der Waals surface area contributed by atoms with E-state index < -0.39 is 0 Å². The molecule has 1 aliphatic rings. The Kier molecular flexibility index (Phi) is 2.37. The highest BCUT2D eigenvalue weighted by atomic mass is 16.7. The van der Waals surface area contributed by atoms with Crippen LogP contribution < -0.4 is 14.2 Å². The maximum absolute atomic E-state index is 5.36. The van der Waals surface area contributed by atoms with Gasteiger partial charge in [0.15, 0.2) is 11.5 Å². The molecule has 17 heavy (non-hydrogen) atoms. The summed E-state index contributed by atoms with van der Waals surface area (Å²) in [5.41, 5.74) is 2.24. The van der Waals surface area contributed by atoms with Gasteiger partial charge in [-0.25, -0.2) is 0 Å². The molecule has 86 valence electrons. The van der Waals surface area contributed by atoms with Crippen LogP contribution in [0.4, 0.5) is 0 Å². The quantitative estimate of drug-likeness (QED) is 0.790. The van der Waals surface area contributed by atoms with Crippen LogP contribution in [0.1, 0.15) is 0 Å². The first kappa shape index (κ1) is 10.0. The SMILES string of the molecule is COc1ccc(-c2ccc3c(c2)OCO3)cc1.